The standard InChI is InChI=1S/C28H41N9O3S2/c1-5-42(38,39)23-8-6-22(7-9-23)41-28-30-26(29-24-20-21(2)32-33-24)25(40-4)27(31-28)37-18-16-36(17-19-37)15-14-35-12-10-34(3)11-13-35/h6-9,20H,5,10-19H2,1-4H3,(H2,29,30,31,32,33). The van der Waals surface area contributed by atoms with Crippen LogP contribution in [-0.2, 0) is 9.84 Å². The maximum Gasteiger partial charge on any atom is 0.204 e. The molecule has 0 amide bonds. The molecule has 228 valence electrons. The Balaban J connectivity index is 1.34. The fourth-order valence-electron chi connectivity index (χ4n) is 5.08. The van der Waals surface area contributed by atoms with Crippen LogP contribution < -0.4 is 15.0 Å². The Bertz CT molecular complexity index is 1430. The summed E-state index contributed by atoms with van der Waals surface area (Å²) in [6.45, 7) is 13.8. The third-order valence-electron chi connectivity index (χ3n) is 7.76. The topological polar surface area (TPSA) is 123 Å². The summed E-state index contributed by atoms with van der Waals surface area (Å²) in [5.41, 5.74) is 0.926. The molecule has 0 unspecified atom stereocenters. The first-order chi connectivity index (χ1) is 20.2. The molecule has 2 N–H and O–H groups in total. The number of methoxy groups -OCH3 is 1. The zero-order valence-corrected chi connectivity index (χ0v) is 26.5. The SMILES string of the molecule is CCS(=O)(=O)c1ccc(Sc2nc(Nc3cc(C)[nH]n3)c(OC)c(N3CCN(CCN4CCN(C)CC4)CC3)n2)cc1. The fraction of sp³-hybridized carbons (Fsp3) is 0.536. The normalized spacial score (nSPS) is 17.5. The molecule has 0 radical (unpaired) electrons. The predicted molar refractivity (Wildman–Crippen MR) is 166 cm³/mol. The summed E-state index contributed by atoms with van der Waals surface area (Å²) in [7, 11) is 0.556. The number of aromatic nitrogens is 4. The molecule has 2 fully saturated rings. The van der Waals surface area contributed by atoms with Crippen molar-refractivity contribution in [2.24, 2.45) is 0 Å². The van der Waals surface area contributed by atoms with E-state index in [1.165, 1.54) is 11.8 Å². The van der Waals surface area contributed by atoms with Crippen molar-refractivity contribution in [1.82, 2.24) is 34.9 Å². The van der Waals surface area contributed by atoms with Crippen LogP contribution >= 0.6 is 11.8 Å². The Morgan fingerprint density at radius 2 is 1.62 bits per heavy atom. The van der Waals surface area contributed by atoms with E-state index < -0.39 is 9.84 Å². The molecule has 2 aliphatic rings. The summed E-state index contributed by atoms with van der Waals surface area (Å²) < 4.78 is 30.4. The van der Waals surface area contributed by atoms with E-state index in [2.05, 4.69) is 42.2 Å². The van der Waals surface area contributed by atoms with Gasteiger partial charge in [-0.05, 0) is 50.0 Å². The number of sulfone groups is 1. The number of H-pyrrole nitrogens is 1. The number of likely N-dealkylation sites (N-methyl/N-ethyl adjacent to an activating group) is 1. The number of ether oxygens (including phenoxy) is 1. The van der Waals surface area contributed by atoms with Crippen LogP contribution in [0.2, 0.25) is 0 Å². The Morgan fingerprint density at radius 3 is 2.19 bits per heavy atom. The molecule has 42 heavy (non-hydrogen) atoms. The van der Waals surface area contributed by atoms with Gasteiger partial charge >= 0.3 is 0 Å². The molecule has 4 heterocycles. The van der Waals surface area contributed by atoms with Gasteiger partial charge in [0.15, 0.2) is 32.4 Å². The monoisotopic (exact) mass is 615 g/mol. The Kier molecular flexibility index (Phi) is 9.88. The summed E-state index contributed by atoms with van der Waals surface area (Å²) in [6, 6.07) is 8.77. The van der Waals surface area contributed by atoms with Crippen LogP contribution in [0.4, 0.5) is 17.5 Å². The number of hydrogen-bond donors (Lipinski definition) is 2. The molecular weight excluding hydrogens is 575 g/mol. The van der Waals surface area contributed by atoms with Gasteiger partial charge in [-0.1, -0.05) is 6.92 Å². The maximum absolute atomic E-state index is 12.3. The molecule has 1 aromatic carbocycles. The molecule has 12 nitrogen and oxygen atoms in total. The third kappa shape index (κ3) is 7.53. The summed E-state index contributed by atoms with van der Waals surface area (Å²) >= 11 is 1.38. The highest BCUT2D eigenvalue weighted by molar-refractivity contribution is 7.99. The van der Waals surface area contributed by atoms with Crippen LogP contribution in [0.3, 0.4) is 0 Å². The summed E-state index contributed by atoms with van der Waals surface area (Å²) in [5.74, 6) is 2.52. The van der Waals surface area contributed by atoms with Crippen LogP contribution in [0.15, 0.2) is 45.3 Å². The van der Waals surface area contributed by atoms with E-state index in [0.717, 1.165) is 81.9 Å². The first kappa shape index (κ1) is 30.5. The third-order valence-corrected chi connectivity index (χ3v) is 10.4. The lowest BCUT2D eigenvalue weighted by Crippen LogP contribution is -2.51. The molecule has 0 saturated carbocycles. The lowest BCUT2D eigenvalue weighted by atomic mass is 10.2. The number of piperazine rings is 2. The Morgan fingerprint density at radius 1 is 0.976 bits per heavy atom. The minimum Gasteiger partial charge on any atom is -0.490 e. The highest BCUT2D eigenvalue weighted by Crippen LogP contribution is 2.38. The Labute approximate surface area is 252 Å². The molecule has 3 aromatic rings. The molecule has 0 atom stereocenters. The summed E-state index contributed by atoms with van der Waals surface area (Å²) in [6.07, 6.45) is 0. The lowest BCUT2D eigenvalue weighted by molar-refractivity contribution is 0.133. The first-order valence-electron chi connectivity index (χ1n) is 14.4. The van der Waals surface area contributed by atoms with E-state index in [-0.39, 0.29) is 5.75 Å². The van der Waals surface area contributed by atoms with Gasteiger partial charge in [0.1, 0.15) is 0 Å². The van der Waals surface area contributed by atoms with E-state index >= 15 is 0 Å². The molecular formula is C28H41N9O3S2. The van der Waals surface area contributed by atoms with Crippen molar-refractivity contribution in [3.8, 4) is 5.75 Å². The molecule has 0 aliphatic carbocycles. The van der Waals surface area contributed by atoms with Gasteiger partial charge in [-0.15, -0.1) is 0 Å². The number of anilines is 3. The van der Waals surface area contributed by atoms with Gasteiger partial charge in [0.2, 0.25) is 5.75 Å². The number of rotatable bonds is 11. The number of benzene rings is 1. The molecule has 5 rings (SSSR count). The Hall–Kier alpha value is -2.91. The van der Waals surface area contributed by atoms with Crippen molar-refractivity contribution < 1.29 is 13.2 Å². The minimum absolute atomic E-state index is 0.0647. The fourth-order valence-corrected chi connectivity index (χ4v) is 6.72. The number of aromatic amines is 1. The zero-order chi connectivity index (χ0) is 29.7. The van der Waals surface area contributed by atoms with E-state index in [9.17, 15) is 8.42 Å². The molecule has 0 bridgehead atoms. The van der Waals surface area contributed by atoms with E-state index in [0.29, 0.717) is 27.4 Å². The van der Waals surface area contributed by atoms with Gasteiger partial charge in [0, 0.05) is 82.1 Å². The van der Waals surface area contributed by atoms with Crippen molar-refractivity contribution >= 4 is 39.1 Å². The number of hydrogen-bond acceptors (Lipinski definition) is 12. The summed E-state index contributed by atoms with van der Waals surface area (Å²) in [5, 5.41) is 11.1. The van der Waals surface area contributed by atoms with Gasteiger partial charge < -0.3 is 19.9 Å². The second kappa shape index (κ2) is 13.6. The van der Waals surface area contributed by atoms with E-state index in [4.69, 9.17) is 14.7 Å². The van der Waals surface area contributed by atoms with Crippen LogP contribution in [0.1, 0.15) is 12.6 Å². The number of aryl methyl sites for hydroxylation is 1. The van der Waals surface area contributed by atoms with Crippen LogP contribution in [0.25, 0.3) is 0 Å². The zero-order valence-electron chi connectivity index (χ0n) is 24.8. The molecule has 2 aromatic heterocycles. The molecule has 14 heteroatoms. The lowest BCUT2D eigenvalue weighted by Gasteiger charge is -2.38. The van der Waals surface area contributed by atoms with Crippen molar-refractivity contribution in [3.05, 3.63) is 36.0 Å². The maximum atomic E-state index is 12.3. The van der Waals surface area contributed by atoms with Gasteiger partial charge in [-0.2, -0.15) is 5.10 Å². The average Bonchev–Trinajstić information content (AvgIpc) is 3.41. The van der Waals surface area contributed by atoms with Crippen molar-refractivity contribution in [2.75, 3.05) is 95.6 Å². The molecule has 0 spiro atoms. The van der Waals surface area contributed by atoms with Crippen LogP contribution in [0.5, 0.6) is 5.75 Å². The van der Waals surface area contributed by atoms with Crippen LogP contribution in [0, 0.1) is 6.92 Å². The predicted octanol–water partition coefficient (Wildman–Crippen LogP) is 2.57. The quantitative estimate of drug-likeness (QED) is 0.308. The average molecular weight is 616 g/mol. The van der Waals surface area contributed by atoms with Gasteiger partial charge in [0.25, 0.3) is 0 Å². The van der Waals surface area contributed by atoms with E-state index in [1.54, 1.807) is 38.3 Å². The largest absolute Gasteiger partial charge is 0.490 e. The van der Waals surface area contributed by atoms with Crippen molar-refractivity contribution in [1.29, 1.82) is 0 Å². The highest BCUT2D eigenvalue weighted by Gasteiger charge is 2.26. The molecule has 2 saturated heterocycles. The first-order valence-corrected chi connectivity index (χ1v) is 16.8. The minimum atomic E-state index is -3.27. The van der Waals surface area contributed by atoms with Gasteiger partial charge in [-0.3, -0.25) is 14.9 Å². The van der Waals surface area contributed by atoms with Crippen LogP contribution in [-0.4, -0.2) is 129 Å². The second-order valence-corrected chi connectivity index (χ2v) is 14.0. The van der Waals surface area contributed by atoms with Gasteiger partial charge in [-0.25, -0.2) is 18.4 Å². The second-order valence-electron chi connectivity index (χ2n) is 10.7. The summed E-state index contributed by atoms with van der Waals surface area (Å²) in [4.78, 5) is 20.6. The van der Waals surface area contributed by atoms with Crippen molar-refractivity contribution in [2.45, 2.75) is 28.8 Å². The molecule has 2 aliphatic heterocycles. The van der Waals surface area contributed by atoms with E-state index in [1.807, 2.05) is 13.0 Å². The number of nitrogens with zero attached hydrogens (tertiary/aromatic N) is 7. The highest BCUT2D eigenvalue weighted by atomic mass is 32.2. The number of nitrogens with one attached hydrogen (secondary N) is 2. The van der Waals surface area contributed by atoms with Crippen molar-refractivity contribution in [3.63, 3.8) is 0 Å². The van der Waals surface area contributed by atoms with Gasteiger partial charge in [0.05, 0.1) is 17.8 Å². The smallest absolute Gasteiger partial charge is 0.204 e.